The number of nitrogens with one attached hydrogen (secondary N) is 1. The first kappa shape index (κ1) is 20.9. The van der Waals surface area contributed by atoms with Gasteiger partial charge in [0.25, 0.3) is 11.6 Å². The molecule has 0 fully saturated rings. The number of aromatic nitrogens is 1. The molecule has 10 nitrogen and oxygen atoms in total. The van der Waals surface area contributed by atoms with Crippen molar-refractivity contribution in [2.24, 2.45) is 5.14 Å². The minimum Gasteiger partial charge on any atom is -0.333 e. The predicted molar refractivity (Wildman–Crippen MR) is 115 cm³/mol. The molecule has 0 unspecified atom stereocenters. The van der Waals surface area contributed by atoms with E-state index in [-0.39, 0.29) is 16.5 Å². The van der Waals surface area contributed by atoms with Crippen molar-refractivity contribution >= 4 is 43.8 Å². The largest absolute Gasteiger partial charge is 0.333 e. The molecule has 0 saturated heterocycles. The van der Waals surface area contributed by atoms with Crippen molar-refractivity contribution in [3.8, 4) is 0 Å². The summed E-state index contributed by atoms with van der Waals surface area (Å²) in [6, 6.07) is 12.4. The molecule has 1 aliphatic rings. The van der Waals surface area contributed by atoms with Gasteiger partial charge >= 0.3 is 0 Å². The minimum atomic E-state index is -4.07. The van der Waals surface area contributed by atoms with Gasteiger partial charge in [0, 0.05) is 29.5 Å². The SMILES string of the molecule is NS(=O)(=O)c1ccc(Nc2nc3c(s2)CN(C(=O)c2ccccc2)CC3)c([N+](=O)[O-])c1. The molecule has 0 spiro atoms. The summed E-state index contributed by atoms with van der Waals surface area (Å²) in [6.07, 6.45) is 0.568. The van der Waals surface area contributed by atoms with E-state index in [1.807, 2.05) is 18.2 Å². The van der Waals surface area contributed by atoms with Crippen molar-refractivity contribution in [1.29, 1.82) is 0 Å². The normalized spacial score (nSPS) is 13.5. The molecule has 1 amide bonds. The third kappa shape index (κ3) is 4.40. The first-order chi connectivity index (χ1) is 14.7. The van der Waals surface area contributed by atoms with Crippen LogP contribution in [0.1, 0.15) is 20.9 Å². The molecule has 12 heteroatoms. The smallest absolute Gasteiger partial charge is 0.294 e. The van der Waals surface area contributed by atoms with Crippen LogP contribution < -0.4 is 10.5 Å². The van der Waals surface area contributed by atoms with E-state index in [1.54, 1.807) is 17.0 Å². The van der Waals surface area contributed by atoms with E-state index in [0.717, 1.165) is 16.6 Å². The third-order valence-corrected chi connectivity index (χ3v) is 6.68. The van der Waals surface area contributed by atoms with Crippen molar-refractivity contribution in [2.75, 3.05) is 11.9 Å². The molecule has 0 aliphatic carbocycles. The van der Waals surface area contributed by atoms with E-state index < -0.39 is 20.6 Å². The number of nitrogens with zero attached hydrogens (tertiary/aromatic N) is 3. The Bertz CT molecular complexity index is 1270. The highest BCUT2D eigenvalue weighted by molar-refractivity contribution is 7.89. The van der Waals surface area contributed by atoms with Gasteiger partial charge in [-0.05, 0) is 24.3 Å². The van der Waals surface area contributed by atoms with Gasteiger partial charge in [0.15, 0.2) is 5.13 Å². The second-order valence-electron chi connectivity index (χ2n) is 6.84. The van der Waals surface area contributed by atoms with Gasteiger partial charge in [0.05, 0.1) is 22.1 Å². The number of nitro groups is 1. The van der Waals surface area contributed by atoms with Gasteiger partial charge in [-0.1, -0.05) is 29.5 Å². The van der Waals surface area contributed by atoms with Crippen molar-refractivity contribution < 1.29 is 18.1 Å². The first-order valence-electron chi connectivity index (χ1n) is 9.13. The molecule has 0 radical (unpaired) electrons. The summed E-state index contributed by atoms with van der Waals surface area (Å²) in [7, 11) is -4.07. The van der Waals surface area contributed by atoms with Crippen LogP contribution in [-0.2, 0) is 23.0 Å². The highest BCUT2D eigenvalue weighted by Gasteiger charge is 2.26. The molecule has 31 heavy (non-hydrogen) atoms. The number of hydrogen-bond acceptors (Lipinski definition) is 8. The quantitative estimate of drug-likeness (QED) is 0.440. The van der Waals surface area contributed by atoms with Crippen LogP contribution in [0.2, 0.25) is 0 Å². The Morgan fingerprint density at radius 2 is 1.97 bits per heavy atom. The lowest BCUT2D eigenvalue weighted by atomic mass is 10.1. The monoisotopic (exact) mass is 459 g/mol. The van der Waals surface area contributed by atoms with E-state index >= 15 is 0 Å². The number of sulfonamides is 1. The van der Waals surface area contributed by atoms with Gasteiger partial charge in [-0.3, -0.25) is 14.9 Å². The Hall–Kier alpha value is -3.35. The zero-order chi connectivity index (χ0) is 22.2. The fraction of sp³-hybridized carbons (Fsp3) is 0.158. The highest BCUT2D eigenvalue weighted by atomic mass is 32.2. The van der Waals surface area contributed by atoms with E-state index in [0.29, 0.717) is 30.2 Å². The summed E-state index contributed by atoms with van der Waals surface area (Å²) < 4.78 is 23.0. The van der Waals surface area contributed by atoms with Gasteiger partial charge in [-0.25, -0.2) is 18.5 Å². The number of fused-ring (bicyclic) bond motifs is 1. The average molecular weight is 460 g/mol. The van der Waals surface area contributed by atoms with Crippen molar-refractivity contribution in [2.45, 2.75) is 17.9 Å². The molecule has 3 N–H and O–H groups in total. The van der Waals surface area contributed by atoms with Gasteiger partial charge < -0.3 is 10.2 Å². The molecule has 0 bridgehead atoms. The number of amides is 1. The number of benzene rings is 2. The van der Waals surface area contributed by atoms with E-state index in [4.69, 9.17) is 5.14 Å². The number of carbonyl (C=O) groups excluding carboxylic acids is 1. The molecular formula is C19H17N5O5S2. The fourth-order valence-corrected chi connectivity index (χ4v) is 4.82. The van der Waals surface area contributed by atoms with Crippen LogP contribution in [0, 0.1) is 10.1 Å². The summed E-state index contributed by atoms with van der Waals surface area (Å²) in [6.45, 7) is 0.919. The van der Waals surface area contributed by atoms with Crippen LogP contribution in [0.3, 0.4) is 0 Å². The Morgan fingerprint density at radius 1 is 1.23 bits per heavy atom. The molecule has 1 aromatic heterocycles. The number of anilines is 2. The minimum absolute atomic E-state index is 0.0663. The molecule has 0 atom stereocenters. The lowest BCUT2D eigenvalue weighted by Gasteiger charge is -2.26. The van der Waals surface area contributed by atoms with Crippen molar-refractivity contribution in [1.82, 2.24) is 9.88 Å². The Balaban J connectivity index is 1.56. The number of primary sulfonamides is 1. The number of hydrogen-bond donors (Lipinski definition) is 2. The highest BCUT2D eigenvalue weighted by Crippen LogP contribution is 2.34. The topological polar surface area (TPSA) is 149 Å². The molecule has 1 aliphatic heterocycles. The summed E-state index contributed by atoms with van der Waals surface area (Å²) in [5, 5.41) is 19.8. The number of thiazole rings is 1. The van der Waals surface area contributed by atoms with Gasteiger partial charge in [-0.2, -0.15) is 0 Å². The van der Waals surface area contributed by atoms with Crippen LogP contribution in [0.5, 0.6) is 0 Å². The zero-order valence-corrected chi connectivity index (χ0v) is 17.6. The molecule has 2 heterocycles. The van der Waals surface area contributed by atoms with Crippen LogP contribution in [0.15, 0.2) is 53.4 Å². The second kappa shape index (κ2) is 8.06. The van der Waals surface area contributed by atoms with E-state index in [2.05, 4.69) is 10.3 Å². The molecule has 4 rings (SSSR count). The Labute approximate surface area is 181 Å². The average Bonchev–Trinajstić information content (AvgIpc) is 3.14. The predicted octanol–water partition coefficient (Wildman–Crippen LogP) is 2.64. The Morgan fingerprint density at radius 3 is 2.65 bits per heavy atom. The molecular weight excluding hydrogens is 442 g/mol. The van der Waals surface area contributed by atoms with Crippen LogP contribution >= 0.6 is 11.3 Å². The maximum atomic E-state index is 12.7. The van der Waals surface area contributed by atoms with Gasteiger partial charge in [0.2, 0.25) is 10.0 Å². The maximum Gasteiger partial charge on any atom is 0.294 e. The molecule has 0 saturated carbocycles. The standard InChI is InChI=1S/C19H17N5O5S2/c20-31(28,29)13-6-7-14(16(10-13)24(26)27)21-19-22-15-8-9-23(11-17(15)30-19)18(25)12-4-2-1-3-5-12/h1-7,10H,8-9,11H2,(H,21,22)(H2,20,28,29). The van der Waals surface area contributed by atoms with Crippen molar-refractivity contribution in [3.63, 3.8) is 0 Å². The Kier molecular flexibility index (Phi) is 5.43. The van der Waals surface area contributed by atoms with Crippen LogP contribution in [0.25, 0.3) is 0 Å². The fourth-order valence-electron chi connectivity index (χ4n) is 3.25. The van der Waals surface area contributed by atoms with Crippen molar-refractivity contribution in [3.05, 3.63) is 74.8 Å². The molecule has 2 aromatic carbocycles. The molecule has 3 aromatic rings. The molecule has 160 valence electrons. The number of nitrogens with two attached hydrogens (primary N) is 1. The van der Waals surface area contributed by atoms with E-state index in [1.165, 1.54) is 23.5 Å². The summed E-state index contributed by atoms with van der Waals surface area (Å²) in [4.78, 5) is 30.2. The zero-order valence-electron chi connectivity index (χ0n) is 16.0. The third-order valence-electron chi connectivity index (χ3n) is 4.78. The summed E-state index contributed by atoms with van der Waals surface area (Å²) >= 11 is 1.30. The van der Waals surface area contributed by atoms with Crippen LogP contribution in [-0.4, -0.2) is 35.7 Å². The van der Waals surface area contributed by atoms with Gasteiger partial charge in [0.1, 0.15) is 5.69 Å². The van der Waals surface area contributed by atoms with Crippen LogP contribution in [0.4, 0.5) is 16.5 Å². The lowest BCUT2D eigenvalue weighted by Crippen LogP contribution is -2.35. The first-order valence-corrected chi connectivity index (χ1v) is 11.5. The number of carbonyl (C=O) groups is 1. The number of rotatable bonds is 5. The second-order valence-corrected chi connectivity index (χ2v) is 9.48. The summed E-state index contributed by atoms with van der Waals surface area (Å²) in [5.41, 5.74) is 1.11. The van der Waals surface area contributed by atoms with Gasteiger partial charge in [-0.15, -0.1) is 0 Å². The van der Waals surface area contributed by atoms with E-state index in [9.17, 15) is 23.3 Å². The summed E-state index contributed by atoms with van der Waals surface area (Å²) in [5.74, 6) is -0.0663. The number of nitro benzene ring substituents is 1. The maximum absolute atomic E-state index is 12.7. The lowest BCUT2D eigenvalue weighted by molar-refractivity contribution is -0.384.